The largest absolute Gasteiger partial charge is 0.324 e. The molecule has 0 aliphatic carbocycles. The van der Waals surface area contributed by atoms with Crippen molar-refractivity contribution in [2.75, 3.05) is 25.0 Å². The molecule has 1 amide bonds. The van der Waals surface area contributed by atoms with Crippen LogP contribution in [-0.2, 0) is 4.79 Å². The average Bonchev–Trinajstić information content (AvgIpc) is 3.29. The van der Waals surface area contributed by atoms with E-state index in [0.29, 0.717) is 29.3 Å². The van der Waals surface area contributed by atoms with Crippen LogP contribution in [0.1, 0.15) is 39.7 Å². The number of anilines is 1. The Hall–Kier alpha value is -3.35. The van der Waals surface area contributed by atoms with E-state index in [1.807, 2.05) is 36.4 Å². The molecule has 1 fully saturated rings. The quantitative estimate of drug-likeness (QED) is 0.398. The fourth-order valence-electron chi connectivity index (χ4n) is 4.33. The van der Waals surface area contributed by atoms with Crippen LogP contribution in [-0.4, -0.2) is 41.2 Å². The number of piperidine rings is 1. The lowest BCUT2D eigenvalue weighted by molar-refractivity contribution is -0.117. The van der Waals surface area contributed by atoms with Gasteiger partial charge in [-0.15, -0.1) is 11.3 Å². The van der Waals surface area contributed by atoms with E-state index < -0.39 is 0 Å². The molecule has 1 aliphatic heterocycles. The molecule has 5 rings (SSSR count). The van der Waals surface area contributed by atoms with Gasteiger partial charge in [0.05, 0.1) is 27.5 Å². The van der Waals surface area contributed by atoms with Gasteiger partial charge in [0.15, 0.2) is 5.78 Å². The van der Waals surface area contributed by atoms with Gasteiger partial charge in [-0.3, -0.25) is 14.5 Å². The number of carbonyl (C=O) groups is 2. The van der Waals surface area contributed by atoms with Gasteiger partial charge < -0.3 is 5.32 Å². The predicted octanol–water partition coefficient (Wildman–Crippen LogP) is 5.35. The molecule has 1 aromatic heterocycles. The number of carbonyl (C=O) groups excluding carboxylic acids is 2. The summed E-state index contributed by atoms with van der Waals surface area (Å²) in [5.74, 6) is 0.260. The third kappa shape index (κ3) is 4.87. The second-order valence-corrected chi connectivity index (χ2v) is 9.42. The number of hydrogen-bond donors (Lipinski definition) is 1. The molecule has 0 atom stereocenters. The number of aromatic nitrogens is 1. The van der Waals surface area contributed by atoms with Crippen molar-refractivity contribution in [3.63, 3.8) is 0 Å². The number of benzene rings is 3. The Morgan fingerprint density at radius 1 is 0.909 bits per heavy atom. The standard InChI is InChI=1S/C27H25N3O2S/c31-25(28-22-11-5-4-10-21(22)26(32)19-8-2-1-3-9-19)18-30-16-14-20(15-17-30)27-29-23-12-6-7-13-24(23)33-27/h1-13,20H,14-18H2,(H,28,31). The van der Waals surface area contributed by atoms with E-state index in [0.717, 1.165) is 31.4 Å². The highest BCUT2D eigenvalue weighted by Crippen LogP contribution is 2.33. The first-order valence-electron chi connectivity index (χ1n) is 11.2. The van der Waals surface area contributed by atoms with Gasteiger partial charge in [-0.1, -0.05) is 54.6 Å². The first-order chi connectivity index (χ1) is 16.2. The van der Waals surface area contributed by atoms with Crippen molar-refractivity contribution in [3.8, 4) is 0 Å². The maximum absolute atomic E-state index is 12.9. The molecule has 5 nitrogen and oxygen atoms in total. The van der Waals surface area contributed by atoms with E-state index in [2.05, 4.69) is 28.4 Å². The second kappa shape index (κ2) is 9.65. The number of amides is 1. The third-order valence-electron chi connectivity index (χ3n) is 6.10. The molecule has 6 heteroatoms. The normalized spacial score (nSPS) is 14.9. The van der Waals surface area contributed by atoms with Crippen LogP contribution in [0, 0.1) is 0 Å². The van der Waals surface area contributed by atoms with E-state index in [4.69, 9.17) is 4.98 Å². The Balaban J connectivity index is 1.19. The van der Waals surface area contributed by atoms with Crippen LogP contribution in [0.15, 0.2) is 78.9 Å². The molecule has 0 unspecified atom stereocenters. The van der Waals surface area contributed by atoms with Crippen molar-refractivity contribution < 1.29 is 9.59 Å². The van der Waals surface area contributed by atoms with Crippen molar-refractivity contribution in [2.24, 2.45) is 0 Å². The van der Waals surface area contributed by atoms with Gasteiger partial charge in [0.2, 0.25) is 5.91 Å². The first kappa shape index (κ1) is 21.5. The van der Waals surface area contributed by atoms with Gasteiger partial charge in [0, 0.05) is 17.0 Å². The minimum atomic E-state index is -0.0956. The molecule has 1 N–H and O–H groups in total. The van der Waals surface area contributed by atoms with Crippen LogP contribution in [0.25, 0.3) is 10.2 Å². The lowest BCUT2D eigenvalue weighted by atomic mass is 9.97. The van der Waals surface area contributed by atoms with Crippen LogP contribution in [0.3, 0.4) is 0 Å². The third-order valence-corrected chi connectivity index (χ3v) is 7.30. The van der Waals surface area contributed by atoms with E-state index in [9.17, 15) is 9.59 Å². The number of thiazole rings is 1. The summed E-state index contributed by atoms with van der Waals surface area (Å²) in [4.78, 5) is 32.7. The van der Waals surface area contributed by atoms with Crippen LogP contribution < -0.4 is 5.32 Å². The number of ketones is 1. The summed E-state index contributed by atoms with van der Waals surface area (Å²) in [6, 6.07) is 24.6. The van der Waals surface area contributed by atoms with Crippen molar-refractivity contribution >= 4 is 38.9 Å². The summed E-state index contributed by atoms with van der Waals surface area (Å²) in [5, 5.41) is 4.16. The fraction of sp³-hybridized carbons (Fsp3) is 0.222. The zero-order valence-electron chi connectivity index (χ0n) is 18.2. The topological polar surface area (TPSA) is 62.3 Å². The molecule has 166 valence electrons. The lowest BCUT2D eigenvalue weighted by Gasteiger charge is -2.30. The van der Waals surface area contributed by atoms with Gasteiger partial charge in [-0.2, -0.15) is 0 Å². The van der Waals surface area contributed by atoms with Gasteiger partial charge in [0.1, 0.15) is 0 Å². The van der Waals surface area contributed by atoms with Crippen molar-refractivity contribution in [2.45, 2.75) is 18.8 Å². The molecule has 2 heterocycles. The Morgan fingerprint density at radius 3 is 2.39 bits per heavy atom. The highest BCUT2D eigenvalue weighted by molar-refractivity contribution is 7.18. The molecule has 4 aromatic rings. The summed E-state index contributed by atoms with van der Waals surface area (Å²) < 4.78 is 1.23. The van der Waals surface area contributed by atoms with Crippen molar-refractivity contribution in [1.29, 1.82) is 0 Å². The van der Waals surface area contributed by atoms with Crippen molar-refractivity contribution in [1.82, 2.24) is 9.88 Å². The Labute approximate surface area is 197 Å². The summed E-state index contributed by atoms with van der Waals surface area (Å²) >= 11 is 1.78. The molecule has 0 bridgehead atoms. The maximum Gasteiger partial charge on any atom is 0.238 e. The van der Waals surface area contributed by atoms with Gasteiger partial charge in [-0.25, -0.2) is 4.98 Å². The minimum absolute atomic E-state index is 0.0943. The Kier molecular flexibility index (Phi) is 6.28. The van der Waals surface area contributed by atoms with E-state index in [1.54, 1.807) is 35.6 Å². The zero-order valence-corrected chi connectivity index (χ0v) is 19.1. The molecular weight excluding hydrogens is 430 g/mol. The molecule has 0 saturated carbocycles. The minimum Gasteiger partial charge on any atom is -0.324 e. The summed E-state index contributed by atoms with van der Waals surface area (Å²) in [6.45, 7) is 2.04. The van der Waals surface area contributed by atoms with Gasteiger partial charge in [-0.05, 0) is 50.2 Å². The summed E-state index contributed by atoms with van der Waals surface area (Å²) in [7, 11) is 0. The number of hydrogen-bond acceptors (Lipinski definition) is 5. The van der Waals surface area contributed by atoms with Crippen LogP contribution in [0.5, 0.6) is 0 Å². The van der Waals surface area contributed by atoms with Crippen LogP contribution >= 0.6 is 11.3 Å². The average molecular weight is 456 g/mol. The molecule has 3 aromatic carbocycles. The van der Waals surface area contributed by atoms with Gasteiger partial charge >= 0.3 is 0 Å². The number of nitrogens with one attached hydrogen (secondary N) is 1. The number of fused-ring (bicyclic) bond motifs is 1. The Bertz CT molecular complexity index is 1240. The molecule has 1 aliphatic rings. The monoisotopic (exact) mass is 455 g/mol. The van der Waals surface area contributed by atoms with E-state index in [1.165, 1.54) is 9.71 Å². The molecular formula is C27H25N3O2S. The molecule has 0 spiro atoms. The number of likely N-dealkylation sites (tertiary alicyclic amines) is 1. The highest BCUT2D eigenvalue weighted by atomic mass is 32.1. The van der Waals surface area contributed by atoms with E-state index in [-0.39, 0.29) is 11.7 Å². The van der Waals surface area contributed by atoms with Crippen molar-refractivity contribution in [3.05, 3.63) is 95.0 Å². The lowest BCUT2D eigenvalue weighted by Crippen LogP contribution is -2.38. The maximum atomic E-state index is 12.9. The summed E-state index contributed by atoms with van der Waals surface area (Å²) in [5.41, 5.74) is 2.74. The molecule has 0 radical (unpaired) electrons. The van der Waals surface area contributed by atoms with E-state index >= 15 is 0 Å². The molecule has 33 heavy (non-hydrogen) atoms. The van der Waals surface area contributed by atoms with Crippen LogP contribution in [0.4, 0.5) is 5.69 Å². The second-order valence-electron chi connectivity index (χ2n) is 8.36. The molecule has 1 saturated heterocycles. The predicted molar refractivity (Wildman–Crippen MR) is 133 cm³/mol. The SMILES string of the molecule is O=C(CN1CCC(c2nc3ccccc3s2)CC1)Nc1ccccc1C(=O)c1ccccc1. The fourth-order valence-corrected chi connectivity index (χ4v) is 5.47. The Morgan fingerprint density at radius 2 is 1.61 bits per heavy atom. The van der Waals surface area contributed by atoms with Gasteiger partial charge in [0.25, 0.3) is 0 Å². The first-order valence-corrected chi connectivity index (χ1v) is 12.1. The number of nitrogens with zero attached hydrogens (tertiary/aromatic N) is 2. The number of para-hydroxylation sites is 2. The van der Waals surface area contributed by atoms with Crippen LogP contribution in [0.2, 0.25) is 0 Å². The highest BCUT2D eigenvalue weighted by Gasteiger charge is 2.25. The zero-order chi connectivity index (χ0) is 22.6. The smallest absolute Gasteiger partial charge is 0.238 e. The number of rotatable bonds is 6. The summed E-state index contributed by atoms with van der Waals surface area (Å²) in [6.07, 6.45) is 1.99.